The second kappa shape index (κ2) is 5.70. The number of rotatable bonds is 4. The van der Waals surface area contributed by atoms with Gasteiger partial charge in [0.2, 0.25) is 11.8 Å². The summed E-state index contributed by atoms with van der Waals surface area (Å²) in [5, 5.41) is 14.1. The van der Waals surface area contributed by atoms with Gasteiger partial charge in [0.05, 0.1) is 11.4 Å². The fraction of sp³-hybridized carbons (Fsp3) is 0.455. The first-order chi connectivity index (χ1) is 8.95. The molecule has 2 rings (SSSR count). The Hall–Kier alpha value is -1.41. The van der Waals surface area contributed by atoms with Gasteiger partial charge in [-0.15, -0.1) is 10.2 Å². The zero-order valence-electron chi connectivity index (χ0n) is 10.8. The monoisotopic (exact) mass is 298 g/mol. The van der Waals surface area contributed by atoms with E-state index in [0.29, 0.717) is 5.88 Å². The molecule has 0 saturated heterocycles. The van der Waals surface area contributed by atoms with Gasteiger partial charge in [-0.3, -0.25) is 10.1 Å². The third kappa shape index (κ3) is 4.03. The van der Waals surface area contributed by atoms with Crippen LogP contribution in [-0.2, 0) is 10.2 Å². The van der Waals surface area contributed by atoms with E-state index in [9.17, 15) is 4.79 Å². The molecule has 0 radical (unpaired) electrons. The fourth-order valence-corrected chi connectivity index (χ4v) is 2.50. The zero-order chi connectivity index (χ0) is 13.9. The van der Waals surface area contributed by atoms with E-state index in [1.54, 1.807) is 11.6 Å². The third-order valence-electron chi connectivity index (χ3n) is 2.21. The molecule has 2 aromatic rings. The second-order valence-corrected chi connectivity index (χ2v) is 6.92. The number of nitrogens with zero attached hydrogens (tertiary/aromatic N) is 3. The molecule has 0 bridgehead atoms. The van der Waals surface area contributed by atoms with Crippen molar-refractivity contribution in [2.45, 2.75) is 30.5 Å². The number of nitrogens with one attached hydrogen (secondary N) is 1. The molecule has 0 aliphatic carbocycles. The van der Waals surface area contributed by atoms with Crippen LogP contribution in [0.25, 0.3) is 0 Å². The normalized spacial score (nSPS) is 11.5. The molecule has 2 heterocycles. The number of anilines is 1. The van der Waals surface area contributed by atoms with Crippen LogP contribution in [0.4, 0.5) is 5.88 Å². The molecule has 0 atom stereocenters. The highest BCUT2D eigenvalue weighted by molar-refractivity contribution is 8.01. The van der Waals surface area contributed by atoms with Crippen LogP contribution >= 0.6 is 23.1 Å². The molecule has 0 aromatic carbocycles. The Bertz CT molecular complexity index is 545. The van der Waals surface area contributed by atoms with Crippen LogP contribution in [0.2, 0.25) is 0 Å². The summed E-state index contributed by atoms with van der Waals surface area (Å²) in [6.07, 6.45) is 0. The van der Waals surface area contributed by atoms with Crippen molar-refractivity contribution in [2.75, 3.05) is 11.1 Å². The maximum Gasteiger partial charge on any atom is 0.237 e. The fourth-order valence-electron chi connectivity index (χ4n) is 1.21. The van der Waals surface area contributed by atoms with Gasteiger partial charge in [0.25, 0.3) is 0 Å². The van der Waals surface area contributed by atoms with E-state index in [1.807, 2.05) is 20.8 Å². The van der Waals surface area contributed by atoms with Crippen LogP contribution in [0.1, 0.15) is 26.5 Å². The number of hydrogen-bond acceptors (Lipinski definition) is 7. The van der Waals surface area contributed by atoms with Crippen molar-refractivity contribution in [3.05, 3.63) is 17.3 Å². The Morgan fingerprint density at radius 2 is 2.32 bits per heavy atom. The number of amides is 1. The zero-order valence-corrected chi connectivity index (χ0v) is 12.5. The first-order valence-electron chi connectivity index (χ1n) is 5.61. The standard InChI is InChI=1S/C11H14N4O2S2/c1-11(2,3)7-4-9(17-15-7)13-8(16)5-18-10-14-12-6-19-10/h4,6H,5H2,1-3H3,(H,13,16). The Morgan fingerprint density at radius 1 is 1.53 bits per heavy atom. The number of carbonyl (C=O) groups excluding carboxylic acids is 1. The highest BCUT2D eigenvalue weighted by Crippen LogP contribution is 2.24. The number of hydrogen-bond donors (Lipinski definition) is 1. The Balaban J connectivity index is 1.87. The summed E-state index contributed by atoms with van der Waals surface area (Å²) < 4.78 is 5.85. The van der Waals surface area contributed by atoms with Crippen LogP contribution in [0, 0.1) is 0 Å². The lowest BCUT2D eigenvalue weighted by molar-refractivity contribution is -0.113. The van der Waals surface area contributed by atoms with Gasteiger partial charge < -0.3 is 4.52 Å². The molecule has 1 N–H and O–H groups in total. The maximum atomic E-state index is 11.7. The van der Waals surface area contributed by atoms with E-state index >= 15 is 0 Å². The second-order valence-electron chi connectivity index (χ2n) is 4.87. The quantitative estimate of drug-likeness (QED) is 0.874. The smallest absolute Gasteiger partial charge is 0.237 e. The Labute approximate surface area is 119 Å². The molecule has 2 aromatic heterocycles. The van der Waals surface area contributed by atoms with E-state index in [4.69, 9.17) is 4.52 Å². The maximum absolute atomic E-state index is 11.7. The first kappa shape index (κ1) is 14.0. The van der Waals surface area contributed by atoms with Gasteiger partial charge in [0.1, 0.15) is 5.51 Å². The SMILES string of the molecule is CC(C)(C)c1cc(NC(=O)CSc2nncs2)on1. The van der Waals surface area contributed by atoms with E-state index in [1.165, 1.54) is 23.1 Å². The molecule has 0 fully saturated rings. The van der Waals surface area contributed by atoms with Gasteiger partial charge in [0, 0.05) is 11.5 Å². The minimum atomic E-state index is -0.156. The lowest BCUT2D eigenvalue weighted by atomic mass is 9.92. The Morgan fingerprint density at radius 3 is 2.89 bits per heavy atom. The van der Waals surface area contributed by atoms with Crippen LogP contribution in [0.15, 0.2) is 20.4 Å². The van der Waals surface area contributed by atoms with Crippen LogP contribution in [0.5, 0.6) is 0 Å². The predicted octanol–water partition coefficient (Wildman–Crippen LogP) is 2.55. The van der Waals surface area contributed by atoms with E-state index in [0.717, 1.165) is 10.0 Å². The average Bonchev–Trinajstić information content (AvgIpc) is 2.95. The topological polar surface area (TPSA) is 80.9 Å². The van der Waals surface area contributed by atoms with Gasteiger partial charge in [-0.2, -0.15) is 0 Å². The summed E-state index contributed by atoms with van der Waals surface area (Å²) in [7, 11) is 0. The Kier molecular flexibility index (Phi) is 4.20. The summed E-state index contributed by atoms with van der Waals surface area (Å²) in [5.74, 6) is 0.477. The van der Waals surface area contributed by atoms with Crippen molar-refractivity contribution in [3.8, 4) is 0 Å². The summed E-state index contributed by atoms with van der Waals surface area (Å²) in [6, 6.07) is 1.74. The highest BCUT2D eigenvalue weighted by Gasteiger charge is 2.19. The van der Waals surface area contributed by atoms with Crippen molar-refractivity contribution in [1.82, 2.24) is 15.4 Å². The van der Waals surface area contributed by atoms with E-state index in [-0.39, 0.29) is 17.1 Å². The first-order valence-corrected chi connectivity index (χ1v) is 7.48. The number of aromatic nitrogens is 3. The average molecular weight is 298 g/mol. The van der Waals surface area contributed by atoms with Gasteiger partial charge in [0.15, 0.2) is 4.34 Å². The van der Waals surface area contributed by atoms with Gasteiger partial charge in [-0.25, -0.2) is 0 Å². The van der Waals surface area contributed by atoms with E-state index in [2.05, 4.69) is 20.7 Å². The minimum Gasteiger partial charge on any atom is -0.338 e. The van der Waals surface area contributed by atoms with Crippen molar-refractivity contribution in [3.63, 3.8) is 0 Å². The van der Waals surface area contributed by atoms with Crippen molar-refractivity contribution in [1.29, 1.82) is 0 Å². The largest absolute Gasteiger partial charge is 0.338 e. The summed E-state index contributed by atoms with van der Waals surface area (Å²) in [5.41, 5.74) is 2.33. The lowest BCUT2D eigenvalue weighted by Gasteiger charge is -2.12. The molecular formula is C11H14N4O2S2. The molecule has 6 nitrogen and oxygen atoms in total. The van der Waals surface area contributed by atoms with E-state index < -0.39 is 0 Å². The van der Waals surface area contributed by atoms with Gasteiger partial charge in [-0.1, -0.05) is 49.0 Å². The van der Waals surface area contributed by atoms with Crippen LogP contribution < -0.4 is 5.32 Å². The molecule has 0 saturated carbocycles. The molecule has 0 unspecified atom stereocenters. The van der Waals surface area contributed by atoms with Gasteiger partial charge >= 0.3 is 0 Å². The molecular weight excluding hydrogens is 284 g/mol. The molecule has 102 valence electrons. The summed E-state index contributed by atoms with van der Waals surface area (Å²) in [6.45, 7) is 6.09. The third-order valence-corrected chi connectivity index (χ3v) is 4.07. The highest BCUT2D eigenvalue weighted by atomic mass is 32.2. The molecule has 0 aliphatic rings. The lowest BCUT2D eigenvalue weighted by Crippen LogP contribution is -2.14. The molecule has 0 spiro atoms. The van der Waals surface area contributed by atoms with Crippen LogP contribution in [0.3, 0.4) is 0 Å². The summed E-state index contributed by atoms with van der Waals surface area (Å²) in [4.78, 5) is 11.7. The van der Waals surface area contributed by atoms with Gasteiger partial charge in [-0.05, 0) is 0 Å². The molecule has 8 heteroatoms. The van der Waals surface area contributed by atoms with Crippen molar-refractivity contribution >= 4 is 34.9 Å². The molecule has 0 aliphatic heterocycles. The molecule has 1 amide bonds. The van der Waals surface area contributed by atoms with Crippen molar-refractivity contribution in [2.24, 2.45) is 0 Å². The van der Waals surface area contributed by atoms with Crippen molar-refractivity contribution < 1.29 is 9.32 Å². The predicted molar refractivity (Wildman–Crippen MR) is 74.5 cm³/mol. The van der Waals surface area contributed by atoms with Crippen LogP contribution in [-0.4, -0.2) is 27.0 Å². The molecule has 19 heavy (non-hydrogen) atoms. The summed E-state index contributed by atoms with van der Waals surface area (Å²) >= 11 is 2.74. The number of thioether (sulfide) groups is 1. The minimum absolute atomic E-state index is 0.103. The number of carbonyl (C=O) groups is 1.